The topological polar surface area (TPSA) is 94.8 Å². The fraction of sp³-hybridized carbons (Fsp3) is 0.261. The van der Waals surface area contributed by atoms with Crippen molar-refractivity contribution in [1.82, 2.24) is 5.32 Å². The quantitative estimate of drug-likeness (QED) is 0.332. The van der Waals surface area contributed by atoms with Crippen molar-refractivity contribution in [3.05, 3.63) is 76.1 Å². The number of para-hydroxylation sites is 1. The second kappa shape index (κ2) is 10.2. The molecule has 0 radical (unpaired) electrons. The number of fused-ring (bicyclic) bond motifs is 1. The number of esters is 1. The van der Waals surface area contributed by atoms with Crippen LogP contribution >= 0.6 is 0 Å². The van der Waals surface area contributed by atoms with Crippen molar-refractivity contribution < 1.29 is 23.5 Å². The van der Waals surface area contributed by atoms with E-state index in [-0.39, 0.29) is 25.3 Å². The monoisotopic (exact) mass is 409 g/mol. The highest BCUT2D eigenvalue weighted by molar-refractivity contribution is 5.96. The van der Waals surface area contributed by atoms with Crippen molar-refractivity contribution in [2.75, 3.05) is 19.8 Å². The van der Waals surface area contributed by atoms with E-state index in [0.717, 1.165) is 6.42 Å². The molecule has 1 heterocycles. The number of hydrogen-bond donors (Lipinski definition) is 1. The summed E-state index contributed by atoms with van der Waals surface area (Å²) >= 11 is 0. The minimum Gasteiger partial charge on any atom is -0.482 e. The Balaban J connectivity index is 1.37. The lowest BCUT2D eigenvalue weighted by atomic mass is 10.2. The van der Waals surface area contributed by atoms with E-state index in [0.29, 0.717) is 23.1 Å². The van der Waals surface area contributed by atoms with Crippen LogP contribution < -0.4 is 15.7 Å². The molecule has 0 bridgehead atoms. The van der Waals surface area contributed by atoms with E-state index in [1.807, 2.05) is 24.3 Å². The van der Waals surface area contributed by atoms with E-state index in [9.17, 15) is 14.4 Å². The van der Waals surface area contributed by atoms with Crippen molar-refractivity contribution in [2.45, 2.75) is 19.8 Å². The van der Waals surface area contributed by atoms with Gasteiger partial charge < -0.3 is 19.2 Å². The molecule has 0 aliphatic carbocycles. The molecule has 3 aromatic rings. The number of ether oxygens (including phenoxy) is 2. The molecule has 1 N–H and O–H groups in total. The first-order valence-corrected chi connectivity index (χ1v) is 9.75. The molecule has 1 aromatic heterocycles. The lowest BCUT2D eigenvalue weighted by Gasteiger charge is -2.08. The van der Waals surface area contributed by atoms with Gasteiger partial charge in [-0.05, 0) is 42.7 Å². The predicted molar refractivity (Wildman–Crippen MR) is 112 cm³/mol. The summed E-state index contributed by atoms with van der Waals surface area (Å²) in [5, 5.41) is 3.29. The maximum atomic E-state index is 12.2. The zero-order valence-electron chi connectivity index (χ0n) is 16.7. The van der Waals surface area contributed by atoms with Crippen LogP contribution in [-0.2, 0) is 16.0 Å². The number of benzene rings is 2. The number of carbonyl (C=O) groups is 2. The highest BCUT2D eigenvalue weighted by atomic mass is 16.6. The highest BCUT2D eigenvalue weighted by Gasteiger charge is 2.13. The van der Waals surface area contributed by atoms with E-state index in [1.54, 1.807) is 24.3 Å². The standard InChI is InChI=1S/C23H23NO6/c1-2-16-8-10-18(11-9-16)29-15-21(25)28-13-5-12-24-22(26)19-14-17-6-3-4-7-20(17)30-23(19)27/h3-4,6-11,14H,2,5,12-13,15H2,1H3,(H,24,26). The Morgan fingerprint density at radius 1 is 1.07 bits per heavy atom. The third-order valence-electron chi connectivity index (χ3n) is 4.44. The van der Waals surface area contributed by atoms with Crippen molar-refractivity contribution in [2.24, 2.45) is 0 Å². The molecular weight excluding hydrogens is 386 g/mol. The smallest absolute Gasteiger partial charge is 0.349 e. The Labute approximate surface area is 173 Å². The molecule has 2 aromatic carbocycles. The Bertz CT molecular complexity index is 1070. The van der Waals surface area contributed by atoms with Gasteiger partial charge >= 0.3 is 11.6 Å². The summed E-state index contributed by atoms with van der Waals surface area (Å²) in [6, 6.07) is 16.0. The fourth-order valence-electron chi connectivity index (χ4n) is 2.78. The van der Waals surface area contributed by atoms with Gasteiger partial charge in [-0.2, -0.15) is 0 Å². The summed E-state index contributed by atoms with van der Waals surface area (Å²) < 4.78 is 15.6. The molecule has 0 unspecified atom stereocenters. The number of nitrogens with one attached hydrogen (secondary N) is 1. The van der Waals surface area contributed by atoms with Crippen molar-refractivity contribution in [3.63, 3.8) is 0 Å². The van der Waals surface area contributed by atoms with Gasteiger partial charge in [-0.3, -0.25) is 4.79 Å². The maximum Gasteiger partial charge on any atom is 0.349 e. The van der Waals surface area contributed by atoms with Crippen molar-refractivity contribution >= 4 is 22.8 Å². The number of aryl methyl sites for hydroxylation is 1. The van der Waals surface area contributed by atoms with Gasteiger partial charge in [-0.15, -0.1) is 0 Å². The molecule has 0 aliphatic rings. The van der Waals surface area contributed by atoms with Gasteiger partial charge in [-0.25, -0.2) is 9.59 Å². The summed E-state index contributed by atoms with van der Waals surface area (Å²) in [4.78, 5) is 35.9. The average molecular weight is 409 g/mol. The first-order valence-electron chi connectivity index (χ1n) is 9.75. The summed E-state index contributed by atoms with van der Waals surface area (Å²) in [5.74, 6) is -0.415. The number of carbonyl (C=O) groups excluding carboxylic acids is 2. The Kier molecular flexibility index (Phi) is 7.21. The van der Waals surface area contributed by atoms with Crippen LogP contribution in [-0.4, -0.2) is 31.6 Å². The normalized spacial score (nSPS) is 10.6. The second-order valence-electron chi connectivity index (χ2n) is 6.60. The van der Waals surface area contributed by atoms with Crippen LogP contribution in [0.15, 0.2) is 63.8 Å². The van der Waals surface area contributed by atoms with E-state index in [2.05, 4.69) is 12.2 Å². The van der Waals surface area contributed by atoms with Crippen LogP contribution in [0, 0.1) is 0 Å². The van der Waals surface area contributed by atoms with Crippen LogP contribution in [0.4, 0.5) is 0 Å². The molecule has 156 valence electrons. The zero-order valence-corrected chi connectivity index (χ0v) is 16.7. The molecule has 0 saturated carbocycles. The summed E-state index contributed by atoms with van der Waals surface area (Å²) in [6.45, 7) is 2.25. The fourth-order valence-corrected chi connectivity index (χ4v) is 2.78. The molecule has 30 heavy (non-hydrogen) atoms. The maximum absolute atomic E-state index is 12.2. The van der Waals surface area contributed by atoms with E-state index >= 15 is 0 Å². The number of rotatable bonds is 9. The average Bonchev–Trinajstić information content (AvgIpc) is 2.77. The Morgan fingerprint density at radius 2 is 1.83 bits per heavy atom. The van der Waals surface area contributed by atoms with E-state index < -0.39 is 17.5 Å². The number of amides is 1. The Hall–Kier alpha value is -3.61. The molecule has 0 atom stereocenters. The lowest BCUT2D eigenvalue weighted by Crippen LogP contribution is -2.29. The molecule has 0 spiro atoms. The van der Waals surface area contributed by atoms with Gasteiger partial charge in [0.1, 0.15) is 16.9 Å². The lowest BCUT2D eigenvalue weighted by molar-refractivity contribution is -0.146. The molecule has 0 aliphatic heterocycles. The second-order valence-corrected chi connectivity index (χ2v) is 6.60. The first-order chi connectivity index (χ1) is 14.6. The van der Waals surface area contributed by atoms with Gasteiger partial charge in [0.05, 0.1) is 6.61 Å². The molecule has 1 amide bonds. The van der Waals surface area contributed by atoms with Gasteiger partial charge in [0.25, 0.3) is 5.91 Å². The molecule has 7 heteroatoms. The van der Waals surface area contributed by atoms with E-state index in [1.165, 1.54) is 11.6 Å². The van der Waals surface area contributed by atoms with Crippen LogP contribution in [0.5, 0.6) is 5.75 Å². The minimum atomic E-state index is -0.693. The van der Waals surface area contributed by atoms with Gasteiger partial charge in [-0.1, -0.05) is 37.3 Å². The summed E-state index contributed by atoms with van der Waals surface area (Å²) in [7, 11) is 0. The minimum absolute atomic E-state index is 0.0619. The molecular formula is C23H23NO6. The van der Waals surface area contributed by atoms with Crippen molar-refractivity contribution in [3.8, 4) is 5.75 Å². The summed E-state index contributed by atoms with van der Waals surface area (Å²) in [6.07, 6.45) is 1.34. The first kappa shape index (κ1) is 21.1. The third kappa shape index (κ3) is 5.70. The molecule has 0 fully saturated rings. The van der Waals surface area contributed by atoms with Crippen LogP contribution in [0.1, 0.15) is 29.3 Å². The van der Waals surface area contributed by atoms with Crippen LogP contribution in [0.3, 0.4) is 0 Å². The SMILES string of the molecule is CCc1ccc(OCC(=O)OCCCNC(=O)c2cc3ccccc3oc2=O)cc1. The van der Waals surface area contributed by atoms with Gasteiger partial charge in [0.2, 0.25) is 0 Å². The van der Waals surface area contributed by atoms with Gasteiger partial charge in [0.15, 0.2) is 6.61 Å². The highest BCUT2D eigenvalue weighted by Crippen LogP contribution is 2.13. The predicted octanol–water partition coefficient (Wildman–Crippen LogP) is 3.10. The molecule has 3 rings (SSSR count). The summed E-state index contributed by atoms with van der Waals surface area (Å²) in [5.41, 5.74) is 0.859. The third-order valence-corrected chi connectivity index (χ3v) is 4.44. The molecule has 7 nitrogen and oxygen atoms in total. The van der Waals surface area contributed by atoms with Crippen LogP contribution in [0.2, 0.25) is 0 Å². The van der Waals surface area contributed by atoms with Gasteiger partial charge in [0, 0.05) is 11.9 Å². The number of hydrogen-bond acceptors (Lipinski definition) is 6. The largest absolute Gasteiger partial charge is 0.482 e. The zero-order chi connectivity index (χ0) is 21.3. The van der Waals surface area contributed by atoms with Crippen molar-refractivity contribution in [1.29, 1.82) is 0 Å². The van der Waals surface area contributed by atoms with Crippen LogP contribution in [0.25, 0.3) is 11.0 Å². The Morgan fingerprint density at radius 3 is 2.60 bits per heavy atom. The molecule has 0 saturated heterocycles. The van der Waals surface area contributed by atoms with E-state index in [4.69, 9.17) is 13.9 Å².